The van der Waals surface area contributed by atoms with Crippen LogP contribution < -0.4 is 0 Å². The Morgan fingerprint density at radius 3 is 2.33 bits per heavy atom. The molecule has 2 N–H and O–H groups in total. The van der Waals surface area contributed by atoms with Gasteiger partial charge >= 0.3 is 0 Å². The summed E-state index contributed by atoms with van der Waals surface area (Å²) >= 11 is 0. The van der Waals surface area contributed by atoms with Crippen molar-refractivity contribution in [2.24, 2.45) is 10.3 Å². The Morgan fingerprint density at radius 1 is 1.17 bits per heavy atom. The lowest BCUT2D eigenvalue weighted by atomic mass is 10.3. The van der Waals surface area contributed by atoms with E-state index in [1.165, 1.54) is 12.1 Å². The molecule has 1 aliphatic heterocycles. The van der Waals surface area contributed by atoms with Crippen LogP contribution in [-0.2, 0) is 4.74 Å². The number of nitrogens with zero attached hydrogens (tertiary/aromatic N) is 4. The molecular formula is C10H14N4O3S. The van der Waals surface area contributed by atoms with Crippen molar-refractivity contribution in [1.82, 2.24) is 5.01 Å². The van der Waals surface area contributed by atoms with Gasteiger partial charge in [-0.05, 0) is 24.3 Å². The molecule has 1 aromatic carbocycles. The monoisotopic (exact) mass is 270 g/mol. The maximum Gasteiger partial charge on any atom is 0.182 e. The summed E-state index contributed by atoms with van der Waals surface area (Å²) < 4.78 is 32.3. The summed E-state index contributed by atoms with van der Waals surface area (Å²) in [5, 5.41) is 9.86. The lowest BCUT2D eigenvalue weighted by Gasteiger charge is -2.22. The molecule has 7 nitrogen and oxygen atoms in total. The lowest BCUT2D eigenvalue weighted by molar-refractivity contribution is 0.0353. The predicted octanol–water partition coefficient (Wildman–Crippen LogP) is 2.61. The largest absolute Gasteiger partial charge is 0.378 e. The van der Waals surface area contributed by atoms with Crippen LogP contribution in [0.4, 0.5) is 5.69 Å². The van der Waals surface area contributed by atoms with Crippen LogP contribution in [0.3, 0.4) is 0 Å². The van der Waals surface area contributed by atoms with Crippen molar-refractivity contribution in [2.45, 2.75) is 4.90 Å². The van der Waals surface area contributed by atoms with Crippen molar-refractivity contribution in [1.29, 1.82) is 4.61 Å². The van der Waals surface area contributed by atoms with Crippen molar-refractivity contribution >= 4 is 15.9 Å². The van der Waals surface area contributed by atoms with E-state index in [1.807, 2.05) is 0 Å². The zero-order valence-corrected chi connectivity index (χ0v) is 10.5. The van der Waals surface area contributed by atoms with Gasteiger partial charge in [-0.3, -0.25) is 14.1 Å². The van der Waals surface area contributed by atoms with Gasteiger partial charge in [-0.1, -0.05) is 5.22 Å². The Morgan fingerprint density at radius 2 is 1.78 bits per heavy atom. The fourth-order valence-corrected chi connectivity index (χ4v) is 1.95. The number of hydrogen-bond acceptors (Lipinski definition) is 6. The van der Waals surface area contributed by atoms with Crippen LogP contribution in [0.2, 0.25) is 0 Å². The number of benzene rings is 1. The highest BCUT2D eigenvalue weighted by molar-refractivity contribution is 8.11. The van der Waals surface area contributed by atoms with E-state index in [-0.39, 0.29) is 4.90 Å². The van der Waals surface area contributed by atoms with Crippen LogP contribution in [0.15, 0.2) is 39.5 Å². The zero-order valence-electron chi connectivity index (χ0n) is 9.64. The zero-order chi connectivity index (χ0) is 13.0. The predicted molar refractivity (Wildman–Crippen MR) is 66.2 cm³/mol. The highest BCUT2D eigenvalue weighted by atomic mass is 32.3. The smallest absolute Gasteiger partial charge is 0.182 e. The Bertz CT molecular complexity index is 520. The van der Waals surface area contributed by atoms with Gasteiger partial charge in [0.1, 0.15) is 0 Å². The maximum absolute atomic E-state index is 9.03. The lowest BCUT2D eigenvalue weighted by Crippen LogP contribution is -2.31. The summed E-state index contributed by atoms with van der Waals surface area (Å²) in [5.41, 5.74) is 0.578. The third kappa shape index (κ3) is 3.52. The minimum absolute atomic E-state index is 0.0628. The summed E-state index contributed by atoms with van der Waals surface area (Å²) in [6.45, 7) is 2.70. The molecule has 1 aliphatic rings. The van der Waals surface area contributed by atoms with E-state index in [0.717, 1.165) is 0 Å². The van der Waals surface area contributed by atoms with Crippen LogP contribution in [-0.4, -0.2) is 40.4 Å². The first kappa shape index (κ1) is 13.0. The van der Waals surface area contributed by atoms with Gasteiger partial charge in [0.15, 0.2) is 10.2 Å². The normalized spacial score (nSPS) is 17.3. The molecule has 0 amide bonds. The summed E-state index contributed by atoms with van der Waals surface area (Å²) in [5.74, 6) is 0. The third-order valence-corrected chi connectivity index (χ3v) is 3.33. The van der Waals surface area contributed by atoms with Crippen molar-refractivity contribution in [3.05, 3.63) is 24.3 Å². The molecule has 98 valence electrons. The molecule has 0 saturated carbocycles. The molecule has 18 heavy (non-hydrogen) atoms. The standard InChI is InChI=1S/C10H14N4O3S/c11-18(15,16)10-3-1-9(2-4-10)12-13-14-5-7-17-8-6-14/h1-4,15-16H,5-8H2. The molecule has 8 heteroatoms. The molecule has 0 radical (unpaired) electrons. The average molecular weight is 270 g/mol. The SMILES string of the molecule is N#S(O)(O)c1ccc(N=NN2CCOCC2)cc1. The van der Waals surface area contributed by atoms with Gasteiger partial charge in [0, 0.05) is 0 Å². The Balaban J connectivity index is 2.02. The molecule has 1 aromatic rings. The Labute approximate surface area is 106 Å². The Hall–Kier alpha value is -1.44. The number of ether oxygens (including phenoxy) is 1. The van der Waals surface area contributed by atoms with E-state index in [4.69, 9.17) is 18.5 Å². The minimum Gasteiger partial charge on any atom is -0.378 e. The quantitative estimate of drug-likeness (QED) is 0.804. The van der Waals surface area contributed by atoms with Crippen molar-refractivity contribution in [3.8, 4) is 0 Å². The topological polar surface area (TPSA) is 101 Å². The molecule has 1 heterocycles. The number of hydrogen-bond donors (Lipinski definition) is 2. The first-order valence-electron chi connectivity index (χ1n) is 5.41. The van der Waals surface area contributed by atoms with Gasteiger partial charge in [-0.2, -0.15) is 4.61 Å². The van der Waals surface area contributed by atoms with Gasteiger partial charge in [0.2, 0.25) is 0 Å². The number of morpholine rings is 1. The molecule has 0 aliphatic carbocycles. The fourth-order valence-electron chi connectivity index (χ4n) is 1.45. The van der Waals surface area contributed by atoms with Crippen LogP contribution in [0, 0.1) is 4.61 Å². The average Bonchev–Trinajstić information content (AvgIpc) is 2.37. The molecule has 0 unspecified atom stereocenters. The molecule has 0 spiro atoms. The van der Waals surface area contributed by atoms with Crippen molar-refractivity contribution in [3.63, 3.8) is 0 Å². The van der Waals surface area contributed by atoms with Gasteiger partial charge in [0.05, 0.1) is 36.9 Å². The molecule has 1 fully saturated rings. The van der Waals surface area contributed by atoms with E-state index in [2.05, 4.69) is 10.3 Å². The highest BCUT2D eigenvalue weighted by Crippen LogP contribution is 2.33. The first-order valence-corrected chi connectivity index (χ1v) is 6.91. The van der Waals surface area contributed by atoms with Crippen LogP contribution >= 0.6 is 10.2 Å². The molecular weight excluding hydrogens is 256 g/mol. The minimum atomic E-state index is -3.65. The summed E-state index contributed by atoms with van der Waals surface area (Å²) in [6, 6.07) is 5.93. The van der Waals surface area contributed by atoms with Gasteiger partial charge in [-0.25, -0.2) is 0 Å². The van der Waals surface area contributed by atoms with E-state index >= 15 is 0 Å². The van der Waals surface area contributed by atoms with Gasteiger partial charge in [0.25, 0.3) is 0 Å². The fraction of sp³-hybridized carbons (Fsp3) is 0.400. The molecule has 1 saturated heterocycles. The van der Waals surface area contributed by atoms with Crippen molar-refractivity contribution < 1.29 is 13.8 Å². The highest BCUT2D eigenvalue weighted by Gasteiger charge is 2.09. The second kappa shape index (κ2) is 5.47. The molecule has 0 bridgehead atoms. The second-order valence-electron chi connectivity index (χ2n) is 3.77. The van der Waals surface area contributed by atoms with Crippen molar-refractivity contribution in [2.75, 3.05) is 26.3 Å². The molecule has 0 atom stereocenters. The van der Waals surface area contributed by atoms with E-state index in [0.29, 0.717) is 32.0 Å². The van der Waals surface area contributed by atoms with E-state index in [9.17, 15) is 0 Å². The van der Waals surface area contributed by atoms with Crippen LogP contribution in [0.1, 0.15) is 0 Å². The van der Waals surface area contributed by atoms with Crippen LogP contribution in [0.25, 0.3) is 0 Å². The second-order valence-corrected chi connectivity index (χ2v) is 5.28. The van der Waals surface area contributed by atoms with Gasteiger partial charge in [-0.15, -0.1) is 5.11 Å². The van der Waals surface area contributed by atoms with Crippen LogP contribution in [0.5, 0.6) is 0 Å². The first-order chi connectivity index (χ1) is 8.55. The molecule has 0 aromatic heterocycles. The summed E-state index contributed by atoms with van der Waals surface area (Å²) in [6.07, 6.45) is 0. The Kier molecular flexibility index (Phi) is 3.95. The maximum atomic E-state index is 9.03. The summed E-state index contributed by atoms with van der Waals surface area (Å²) in [4.78, 5) is 0.0628. The summed E-state index contributed by atoms with van der Waals surface area (Å²) in [7, 11) is -3.65. The van der Waals surface area contributed by atoms with Gasteiger partial charge < -0.3 is 4.74 Å². The molecule has 2 rings (SSSR count). The van der Waals surface area contributed by atoms with E-state index < -0.39 is 10.2 Å². The van der Waals surface area contributed by atoms with E-state index in [1.54, 1.807) is 17.1 Å². The number of rotatable bonds is 2. The third-order valence-electron chi connectivity index (χ3n) is 2.43.